The Morgan fingerprint density at radius 1 is 0.750 bits per heavy atom. The van der Waals surface area contributed by atoms with Gasteiger partial charge in [0.15, 0.2) is 0 Å². The molecule has 0 aromatic heterocycles. The first kappa shape index (κ1) is 25.4. The summed E-state index contributed by atoms with van der Waals surface area (Å²) in [5.74, 6) is 5.41. The first-order valence-corrected chi connectivity index (χ1v) is 12.4. The van der Waals surface area contributed by atoms with E-state index in [0.29, 0.717) is 10.9 Å². The summed E-state index contributed by atoms with van der Waals surface area (Å²) in [6, 6.07) is 23.9. The predicted octanol–water partition coefficient (Wildman–Crippen LogP) is 9.16. The second-order valence-corrected chi connectivity index (χ2v) is 8.88. The lowest BCUT2D eigenvalue weighted by molar-refractivity contribution is -0.0498. The molecule has 4 aromatic carbocycles. The quantitative estimate of drug-likeness (QED) is 0.169. The lowest BCUT2D eigenvalue weighted by atomic mass is 9.97. The molecule has 4 rings (SSSR count). The molecule has 4 heteroatoms. The second kappa shape index (κ2) is 12.3. The Hall–Kier alpha value is -3.71. The van der Waals surface area contributed by atoms with Gasteiger partial charge in [0.25, 0.3) is 0 Å². The minimum Gasteiger partial charge on any atom is -0.435 e. The number of halogens is 3. The predicted molar refractivity (Wildman–Crippen MR) is 141 cm³/mol. The molecule has 0 fully saturated rings. The Morgan fingerprint density at radius 3 is 2.19 bits per heavy atom. The fourth-order valence-corrected chi connectivity index (χ4v) is 4.22. The zero-order chi connectivity index (χ0) is 25.3. The van der Waals surface area contributed by atoms with Crippen molar-refractivity contribution in [2.45, 2.75) is 52.1 Å². The van der Waals surface area contributed by atoms with Crippen LogP contribution in [0.4, 0.5) is 13.2 Å². The van der Waals surface area contributed by atoms with E-state index in [-0.39, 0.29) is 17.1 Å². The van der Waals surface area contributed by atoms with Gasteiger partial charge in [-0.1, -0.05) is 86.9 Å². The van der Waals surface area contributed by atoms with Crippen molar-refractivity contribution in [3.8, 4) is 28.7 Å². The van der Waals surface area contributed by atoms with Crippen LogP contribution < -0.4 is 4.74 Å². The van der Waals surface area contributed by atoms with Gasteiger partial charge in [0, 0.05) is 10.9 Å². The number of fused-ring (bicyclic) bond motifs is 1. The van der Waals surface area contributed by atoms with Crippen LogP contribution in [0.2, 0.25) is 0 Å². The van der Waals surface area contributed by atoms with Crippen molar-refractivity contribution in [1.29, 1.82) is 0 Å². The number of alkyl halides is 2. The topological polar surface area (TPSA) is 9.23 Å². The molecule has 4 aromatic rings. The van der Waals surface area contributed by atoms with Crippen molar-refractivity contribution < 1.29 is 17.9 Å². The number of hydrogen-bond acceptors (Lipinski definition) is 1. The van der Waals surface area contributed by atoms with Crippen LogP contribution in [0.25, 0.3) is 21.9 Å². The lowest BCUT2D eigenvalue weighted by Gasteiger charge is -2.08. The molecule has 0 bridgehead atoms. The molecule has 0 aliphatic heterocycles. The van der Waals surface area contributed by atoms with E-state index < -0.39 is 6.61 Å². The molecule has 184 valence electrons. The summed E-state index contributed by atoms with van der Waals surface area (Å²) in [6.07, 6.45) is 7.48. The van der Waals surface area contributed by atoms with Crippen molar-refractivity contribution in [1.82, 2.24) is 0 Å². The van der Waals surface area contributed by atoms with Gasteiger partial charge in [0.05, 0.1) is 5.56 Å². The van der Waals surface area contributed by atoms with E-state index in [0.717, 1.165) is 22.9 Å². The first-order valence-electron chi connectivity index (χ1n) is 12.4. The molecule has 0 saturated carbocycles. The fourth-order valence-electron chi connectivity index (χ4n) is 4.22. The zero-order valence-electron chi connectivity index (χ0n) is 20.4. The minimum atomic E-state index is -2.88. The number of ether oxygens (including phenoxy) is 1. The highest BCUT2D eigenvalue weighted by molar-refractivity contribution is 5.89. The fraction of sp³-hybridized carbons (Fsp3) is 0.250. The third-order valence-corrected chi connectivity index (χ3v) is 6.23. The van der Waals surface area contributed by atoms with Crippen molar-refractivity contribution >= 4 is 10.8 Å². The molecule has 0 N–H and O–H groups in total. The Kier molecular flexibility index (Phi) is 8.68. The van der Waals surface area contributed by atoms with Gasteiger partial charge in [0.1, 0.15) is 11.6 Å². The monoisotopic (exact) mass is 486 g/mol. The lowest BCUT2D eigenvalue weighted by Crippen LogP contribution is -2.01. The average molecular weight is 487 g/mol. The maximum absolute atomic E-state index is 15.2. The smallest absolute Gasteiger partial charge is 0.387 e. The molecule has 0 aliphatic rings. The van der Waals surface area contributed by atoms with E-state index in [1.165, 1.54) is 49.8 Å². The molecule has 0 unspecified atom stereocenters. The molecule has 0 heterocycles. The number of benzene rings is 4. The Balaban J connectivity index is 1.46. The van der Waals surface area contributed by atoms with Gasteiger partial charge in [0.2, 0.25) is 0 Å². The largest absolute Gasteiger partial charge is 0.435 e. The van der Waals surface area contributed by atoms with Crippen molar-refractivity contribution in [2.24, 2.45) is 0 Å². The molecule has 0 aliphatic carbocycles. The Bertz CT molecular complexity index is 1350. The van der Waals surface area contributed by atoms with Gasteiger partial charge in [-0.25, -0.2) is 4.39 Å². The second-order valence-electron chi connectivity index (χ2n) is 8.88. The van der Waals surface area contributed by atoms with Crippen molar-refractivity contribution in [2.75, 3.05) is 0 Å². The summed E-state index contributed by atoms with van der Waals surface area (Å²) in [6.45, 7) is -0.646. The summed E-state index contributed by atoms with van der Waals surface area (Å²) < 4.78 is 44.0. The Morgan fingerprint density at radius 2 is 1.47 bits per heavy atom. The molecular formula is C32H29F3O. The number of aryl methyl sites for hydroxylation is 1. The van der Waals surface area contributed by atoms with Crippen LogP contribution in [0.3, 0.4) is 0 Å². The highest BCUT2D eigenvalue weighted by Gasteiger charge is 2.08. The number of hydrogen-bond donors (Lipinski definition) is 0. The van der Waals surface area contributed by atoms with Crippen LogP contribution in [-0.2, 0) is 6.42 Å². The normalized spacial score (nSPS) is 10.9. The zero-order valence-corrected chi connectivity index (χ0v) is 20.4. The molecule has 0 saturated heterocycles. The van der Waals surface area contributed by atoms with E-state index in [1.807, 2.05) is 18.2 Å². The average Bonchev–Trinajstić information content (AvgIpc) is 2.89. The minimum absolute atomic E-state index is 0.0558. The van der Waals surface area contributed by atoms with E-state index in [1.54, 1.807) is 24.3 Å². The first-order chi connectivity index (χ1) is 17.5. The molecule has 1 nitrogen and oxygen atoms in total. The third-order valence-electron chi connectivity index (χ3n) is 6.23. The van der Waals surface area contributed by atoms with Crippen LogP contribution in [0.1, 0.15) is 55.7 Å². The van der Waals surface area contributed by atoms with Gasteiger partial charge >= 0.3 is 6.61 Å². The Labute approximate surface area is 210 Å². The maximum atomic E-state index is 15.2. The van der Waals surface area contributed by atoms with Crippen LogP contribution in [0.5, 0.6) is 5.75 Å². The molecule has 0 spiro atoms. The van der Waals surface area contributed by atoms with E-state index in [4.69, 9.17) is 0 Å². The summed E-state index contributed by atoms with van der Waals surface area (Å²) in [7, 11) is 0. The maximum Gasteiger partial charge on any atom is 0.387 e. The standard InChI is InChI=1S/C32H29F3O/c1-2-3-4-5-6-7-23-8-13-25(14-9-23)27-18-21-30-28(22-27)17-16-26(31(30)33)15-10-24-11-19-29(20-12-24)36-32(34)35/h8-9,11-14,16-22,32H,2-7H2,1H3. The van der Waals surface area contributed by atoms with Gasteiger partial charge in [-0.2, -0.15) is 8.78 Å². The van der Waals surface area contributed by atoms with Gasteiger partial charge in [-0.3, -0.25) is 0 Å². The van der Waals surface area contributed by atoms with Crippen LogP contribution in [0, 0.1) is 17.7 Å². The van der Waals surface area contributed by atoms with Crippen LogP contribution in [0.15, 0.2) is 78.9 Å². The molecule has 36 heavy (non-hydrogen) atoms. The summed E-state index contributed by atoms with van der Waals surface area (Å²) in [4.78, 5) is 0. The summed E-state index contributed by atoms with van der Waals surface area (Å²) in [5.41, 5.74) is 4.36. The van der Waals surface area contributed by atoms with Crippen molar-refractivity contribution in [3.05, 3.63) is 101 Å². The molecule has 0 atom stereocenters. The molecule has 0 radical (unpaired) electrons. The highest BCUT2D eigenvalue weighted by atomic mass is 19.3. The molecule has 0 amide bonds. The van der Waals surface area contributed by atoms with Gasteiger partial charge in [-0.15, -0.1) is 0 Å². The highest BCUT2D eigenvalue weighted by Crippen LogP contribution is 2.28. The third kappa shape index (κ3) is 6.70. The van der Waals surface area contributed by atoms with E-state index in [2.05, 4.69) is 47.8 Å². The summed E-state index contributed by atoms with van der Waals surface area (Å²) in [5, 5.41) is 1.32. The molecular weight excluding hydrogens is 457 g/mol. The van der Waals surface area contributed by atoms with E-state index >= 15 is 4.39 Å². The van der Waals surface area contributed by atoms with Gasteiger partial charge < -0.3 is 4.74 Å². The van der Waals surface area contributed by atoms with Crippen molar-refractivity contribution in [3.63, 3.8) is 0 Å². The van der Waals surface area contributed by atoms with Crippen LogP contribution in [-0.4, -0.2) is 6.61 Å². The SMILES string of the molecule is CCCCCCCc1ccc(-c2ccc3c(F)c(C#Cc4ccc(OC(F)F)cc4)ccc3c2)cc1. The van der Waals surface area contributed by atoms with E-state index in [9.17, 15) is 8.78 Å². The summed E-state index contributed by atoms with van der Waals surface area (Å²) >= 11 is 0. The number of unbranched alkanes of at least 4 members (excludes halogenated alkanes) is 4. The van der Waals surface area contributed by atoms with Crippen LogP contribution >= 0.6 is 0 Å². The van der Waals surface area contributed by atoms with Gasteiger partial charge in [-0.05, 0) is 71.3 Å². The number of rotatable bonds is 9.